The molecule has 1 atom stereocenters. The Balaban J connectivity index is 1.55. The molecule has 0 spiro atoms. The van der Waals surface area contributed by atoms with E-state index in [-0.39, 0.29) is 17.7 Å². The van der Waals surface area contributed by atoms with Gasteiger partial charge in [0.1, 0.15) is 18.1 Å². The van der Waals surface area contributed by atoms with Gasteiger partial charge in [0.15, 0.2) is 0 Å². The first kappa shape index (κ1) is 15.8. The number of nitrogens with one attached hydrogen (secondary N) is 1. The topological polar surface area (TPSA) is 60.5 Å². The molecule has 1 aromatic heterocycles. The normalized spacial score (nSPS) is 17.0. The summed E-state index contributed by atoms with van der Waals surface area (Å²) >= 11 is 5.85. The van der Waals surface area contributed by atoms with Crippen LogP contribution in [0.2, 0.25) is 5.02 Å². The Labute approximate surface area is 139 Å². The minimum absolute atomic E-state index is 0.184. The minimum atomic E-state index is -0.305. The van der Waals surface area contributed by atoms with Crippen LogP contribution in [-0.2, 0) is 4.74 Å². The van der Waals surface area contributed by atoms with E-state index in [2.05, 4.69) is 10.3 Å². The lowest BCUT2D eigenvalue weighted by Gasteiger charge is -2.12. The third-order valence-electron chi connectivity index (χ3n) is 3.53. The number of benzene rings is 1. The number of halogens is 1. The molecule has 23 heavy (non-hydrogen) atoms. The molecule has 1 fully saturated rings. The minimum Gasteiger partial charge on any atom is -0.491 e. The van der Waals surface area contributed by atoms with E-state index in [0.717, 1.165) is 25.2 Å². The molecule has 1 amide bonds. The summed E-state index contributed by atoms with van der Waals surface area (Å²) in [5.74, 6) is 0.444. The van der Waals surface area contributed by atoms with Gasteiger partial charge in [0.05, 0.1) is 6.10 Å². The maximum atomic E-state index is 12.1. The lowest BCUT2D eigenvalue weighted by Crippen LogP contribution is -2.16. The van der Waals surface area contributed by atoms with Crippen LogP contribution in [0.3, 0.4) is 0 Å². The molecular formula is C17H17ClN2O3. The zero-order valence-corrected chi connectivity index (χ0v) is 13.3. The van der Waals surface area contributed by atoms with E-state index in [1.54, 1.807) is 18.2 Å². The number of hydrogen-bond donors (Lipinski definition) is 1. The Bertz CT molecular complexity index is 670. The lowest BCUT2D eigenvalue weighted by molar-refractivity contribution is 0.0679. The van der Waals surface area contributed by atoms with Gasteiger partial charge < -0.3 is 14.8 Å². The highest BCUT2D eigenvalue weighted by atomic mass is 35.5. The number of pyridine rings is 1. The molecule has 1 saturated heterocycles. The van der Waals surface area contributed by atoms with E-state index in [9.17, 15) is 4.79 Å². The summed E-state index contributed by atoms with van der Waals surface area (Å²) in [6.07, 6.45) is 3.82. The second kappa shape index (κ2) is 7.44. The molecule has 0 bridgehead atoms. The van der Waals surface area contributed by atoms with E-state index >= 15 is 0 Å². The first-order valence-electron chi connectivity index (χ1n) is 7.48. The third-order valence-corrected chi connectivity index (χ3v) is 3.76. The summed E-state index contributed by atoms with van der Waals surface area (Å²) in [5, 5.41) is 3.24. The first-order valence-corrected chi connectivity index (χ1v) is 7.86. The number of nitrogens with zero attached hydrogens (tertiary/aromatic N) is 1. The van der Waals surface area contributed by atoms with Gasteiger partial charge in [-0.05, 0) is 49.2 Å². The molecule has 3 rings (SSSR count). The van der Waals surface area contributed by atoms with E-state index in [4.69, 9.17) is 21.1 Å². The summed E-state index contributed by atoms with van der Waals surface area (Å²) in [6.45, 7) is 1.37. The fourth-order valence-corrected chi connectivity index (χ4v) is 2.48. The predicted molar refractivity (Wildman–Crippen MR) is 88.1 cm³/mol. The molecule has 120 valence electrons. The van der Waals surface area contributed by atoms with Crippen molar-refractivity contribution in [3.05, 3.63) is 53.3 Å². The molecule has 1 aliphatic rings. The van der Waals surface area contributed by atoms with Gasteiger partial charge in [-0.15, -0.1) is 0 Å². The van der Waals surface area contributed by atoms with Crippen LogP contribution in [0.4, 0.5) is 5.69 Å². The molecule has 2 heterocycles. The van der Waals surface area contributed by atoms with Crippen LogP contribution < -0.4 is 10.1 Å². The van der Waals surface area contributed by atoms with Crippen LogP contribution in [0.15, 0.2) is 42.6 Å². The summed E-state index contributed by atoms with van der Waals surface area (Å²) in [5.41, 5.74) is 0.942. The molecule has 1 aromatic carbocycles. The molecule has 5 nitrogen and oxygen atoms in total. The Kier molecular flexibility index (Phi) is 5.10. The predicted octanol–water partition coefficient (Wildman–Crippen LogP) is 3.55. The van der Waals surface area contributed by atoms with Crippen molar-refractivity contribution in [3.63, 3.8) is 0 Å². The van der Waals surface area contributed by atoms with Gasteiger partial charge in [0.25, 0.3) is 5.91 Å². The Morgan fingerprint density at radius 2 is 2.17 bits per heavy atom. The van der Waals surface area contributed by atoms with Crippen LogP contribution in [0.5, 0.6) is 5.75 Å². The SMILES string of the molecule is O=C(Nc1ccc(OCC2CCCO2)cc1)c1cc(Cl)ccn1. The van der Waals surface area contributed by atoms with Crippen molar-refractivity contribution >= 4 is 23.2 Å². The molecule has 1 aliphatic heterocycles. The summed E-state index contributed by atoms with van der Waals surface area (Å²) in [6, 6.07) is 10.3. The van der Waals surface area contributed by atoms with Crippen LogP contribution >= 0.6 is 11.6 Å². The maximum Gasteiger partial charge on any atom is 0.274 e. The van der Waals surface area contributed by atoms with Gasteiger partial charge in [-0.1, -0.05) is 11.6 Å². The average molecular weight is 333 g/mol. The lowest BCUT2D eigenvalue weighted by atomic mass is 10.2. The van der Waals surface area contributed by atoms with Gasteiger partial charge in [0, 0.05) is 23.5 Å². The van der Waals surface area contributed by atoms with Crippen LogP contribution in [-0.4, -0.2) is 30.2 Å². The van der Waals surface area contributed by atoms with Gasteiger partial charge >= 0.3 is 0 Å². The van der Waals surface area contributed by atoms with E-state index in [0.29, 0.717) is 17.3 Å². The number of anilines is 1. The summed E-state index contributed by atoms with van der Waals surface area (Å²) in [7, 11) is 0. The van der Waals surface area contributed by atoms with Crippen molar-refractivity contribution in [3.8, 4) is 5.75 Å². The second-order valence-electron chi connectivity index (χ2n) is 5.28. The Hall–Kier alpha value is -2.11. The Morgan fingerprint density at radius 3 is 2.87 bits per heavy atom. The van der Waals surface area contributed by atoms with Crippen molar-refractivity contribution in [1.82, 2.24) is 4.98 Å². The standard InChI is InChI=1S/C17H17ClN2O3/c18-12-7-8-19-16(10-12)17(21)20-13-3-5-14(6-4-13)23-11-15-2-1-9-22-15/h3-8,10,15H,1-2,9,11H2,(H,20,21). The van der Waals surface area contributed by atoms with Crippen LogP contribution in [0, 0.1) is 0 Å². The quantitative estimate of drug-likeness (QED) is 0.909. The third kappa shape index (κ3) is 4.43. The first-order chi connectivity index (χ1) is 11.2. The number of hydrogen-bond acceptors (Lipinski definition) is 4. The van der Waals surface area contributed by atoms with Crippen molar-refractivity contribution < 1.29 is 14.3 Å². The van der Waals surface area contributed by atoms with Gasteiger partial charge in [-0.3, -0.25) is 9.78 Å². The molecular weight excluding hydrogens is 316 g/mol. The monoisotopic (exact) mass is 332 g/mol. The number of rotatable bonds is 5. The van der Waals surface area contributed by atoms with Gasteiger partial charge in [-0.2, -0.15) is 0 Å². The highest BCUT2D eigenvalue weighted by Gasteiger charge is 2.16. The zero-order chi connectivity index (χ0) is 16.1. The van der Waals surface area contributed by atoms with Gasteiger partial charge in [0.2, 0.25) is 0 Å². The van der Waals surface area contributed by atoms with Crippen molar-refractivity contribution in [2.24, 2.45) is 0 Å². The van der Waals surface area contributed by atoms with Crippen molar-refractivity contribution in [2.45, 2.75) is 18.9 Å². The summed E-state index contributed by atoms with van der Waals surface area (Å²) in [4.78, 5) is 16.1. The average Bonchev–Trinajstić information content (AvgIpc) is 3.08. The van der Waals surface area contributed by atoms with Crippen molar-refractivity contribution in [2.75, 3.05) is 18.5 Å². The van der Waals surface area contributed by atoms with Gasteiger partial charge in [-0.25, -0.2) is 0 Å². The molecule has 0 saturated carbocycles. The number of aromatic nitrogens is 1. The number of carbonyl (C=O) groups is 1. The molecule has 2 aromatic rings. The maximum absolute atomic E-state index is 12.1. The number of amides is 1. The molecule has 0 aliphatic carbocycles. The number of carbonyl (C=O) groups excluding carboxylic acids is 1. The largest absolute Gasteiger partial charge is 0.491 e. The van der Waals surface area contributed by atoms with Crippen LogP contribution in [0.1, 0.15) is 23.3 Å². The molecule has 1 N–H and O–H groups in total. The second-order valence-corrected chi connectivity index (χ2v) is 5.72. The zero-order valence-electron chi connectivity index (χ0n) is 12.5. The van der Waals surface area contributed by atoms with E-state index in [1.165, 1.54) is 12.3 Å². The smallest absolute Gasteiger partial charge is 0.274 e. The Morgan fingerprint density at radius 1 is 1.35 bits per heavy atom. The summed E-state index contributed by atoms with van der Waals surface area (Å²) < 4.78 is 11.2. The molecule has 6 heteroatoms. The fourth-order valence-electron chi connectivity index (χ4n) is 2.32. The van der Waals surface area contributed by atoms with E-state index < -0.39 is 0 Å². The van der Waals surface area contributed by atoms with Crippen LogP contribution in [0.25, 0.3) is 0 Å². The highest BCUT2D eigenvalue weighted by molar-refractivity contribution is 6.30. The van der Waals surface area contributed by atoms with Crippen molar-refractivity contribution in [1.29, 1.82) is 0 Å². The fraction of sp³-hybridized carbons (Fsp3) is 0.294. The number of ether oxygens (including phenoxy) is 2. The molecule has 1 unspecified atom stereocenters. The highest BCUT2D eigenvalue weighted by Crippen LogP contribution is 2.19. The van der Waals surface area contributed by atoms with E-state index in [1.807, 2.05) is 12.1 Å². The molecule has 0 radical (unpaired) electrons.